The van der Waals surface area contributed by atoms with Crippen molar-refractivity contribution in [2.45, 2.75) is 64.5 Å². The number of carbonyl (C=O) groups excluding carboxylic acids is 1. The van der Waals surface area contributed by atoms with E-state index in [-0.39, 0.29) is 31.6 Å². The number of hydrogen-bond donors (Lipinski definition) is 0. The second-order valence-corrected chi connectivity index (χ2v) is 9.56. The van der Waals surface area contributed by atoms with E-state index in [1.54, 1.807) is 38.1 Å². The molecule has 2 aromatic carbocycles. The lowest BCUT2D eigenvalue weighted by molar-refractivity contribution is -0.533. The Hall–Kier alpha value is -4.40. The van der Waals surface area contributed by atoms with Crippen LogP contribution < -0.4 is 28.4 Å². The quantitative estimate of drug-likeness (QED) is 0.141. The number of benzene rings is 2. The van der Waals surface area contributed by atoms with E-state index in [4.69, 9.17) is 33.2 Å². The number of nitrogens with zero attached hydrogens (tertiary/aromatic N) is 2. The van der Waals surface area contributed by atoms with E-state index < -0.39 is 28.5 Å². The third-order valence-electron chi connectivity index (χ3n) is 6.83. The van der Waals surface area contributed by atoms with Gasteiger partial charge in [0.1, 0.15) is 0 Å². The number of rotatable bonds is 17. The molecule has 0 saturated heterocycles. The molecule has 0 heterocycles. The fourth-order valence-corrected chi connectivity index (χ4v) is 4.75. The summed E-state index contributed by atoms with van der Waals surface area (Å²) in [5.74, 6) is 1.45. The Labute approximate surface area is 246 Å². The van der Waals surface area contributed by atoms with E-state index in [1.807, 2.05) is 6.92 Å². The summed E-state index contributed by atoms with van der Waals surface area (Å²) in [5, 5.41) is 22.7. The van der Waals surface area contributed by atoms with Crippen molar-refractivity contribution in [1.29, 1.82) is 5.26 Å². The van der Waals surface area contributed by atoms with Gasteiger partial charge in [0.05, 0.1) is 53.1 Å². The van der Waals surface area contributed by atoms with Crippen LogP contribution in [0.15, 0.2) is 24.3 Å². The smallest absolute Gasteiger partial charge is 0.303 e. The number of ether oxygens (including phenoxy) is 7. The van der Waals surface area contributed by atoms with E-state index >= 15 is 0 Å². The predicted octanol–water partition coefficient (Wildman–Crippen LogP) is 4.90. The molecular formula is C30H40N2O10. The van der Waals surface area contributed by atoms with Gasteiger partial charge in [-0.25, -0.2) is 0 Å². The summed E-state index contributed by atoms with van der Waals surface area (Å²) in [5.41, 5.74) is -0.208. The predicted molar refractivity (Wildman–Crippen MR) is 154 cm³/mol. The highest BCUT2D eigenvalue weighted by Crippen LogP contribution is 2.51. The molecule has 0 radical (unpaired) electrons. The van der Waals surface area contributed by atoms with Gasteiger partial charge in [0.15, 0.2) is 29.1 Å². The largest absolute Gasteiger partial charge is 0.493 e. The van der Waals surface area contributed by atoms with Crippen molar-refractivity contribution in [2.75, 3.05) is 41.7 Å². The summed E-state index contributed by atoms with van der Waals surface area (Å²) >= 11 is 0. The molecule has 12 nitrogen and oxygen atoms in total. The fourth-order valence-electron chi connectivity index (χ4n) is 4.75. The van der Waals surface area contributed by atoms with Crippen LogP contribution in [-0.2, 0) is 21.4 Å². The summed E-state index contributed by atoms with van der Waals surface area (Å²) in [7, 11) is 5.89. The van der Waals surface area contributed by atoms with Crippen LogP contribution in [-0.4, -0.2) is 64.7 Å². The molecule has 3 unspecified atom stereocenters. The van der Waals surface area contributed by atoms with Gasteiger partial charge in [0.2, 0.25) is 11.5 Å². The topological polar surface area (TPSA) is 149 Å². The van der Waals surface area contributed by atoms with Crippen LogP contribution in [0.25, 0.3) is 0 Å². The van der Waals surface area contributed by atoms with Crippen molar-refractivity contribution in [3.8, 4) is 40.6 Å². The van der Waals surface area contributed by atoms with E-state index in [9.17, 15) is 20.2 Å². The number of nitriles is 1. The zero-order valence-corrected chi connectivity index (χ0v) is 25.5. The minimum atomic E-state index is -1.30. The Morgan fingerprint density at radius 2 is 1.60 bits per heavy atom. The Morgan fingerprint density at radius 1 is 0.952 bits per heavy atom. The molecule has 12 heteroatoms. The van der Waals surface area contributed by atoms with Crippen molar-refractivity contribution in [1.82, 2.24) is 0 Å². The van der Waals surface area contributed by atoms with Crippen molar-refractivity contribution in [3.63, 3.8) is 0 Å². The van der Waals surface area contributed by atoms with Crippen molar-refractivity contribution < 1.29 is 42.9 Å². The summed E-state index contributed by atoms with van der Waals surface area (Å²) in [6.07, 6.45) is -1.10. The minimum absolute atomic E-state index is 0.00640. The van der Waals surface area contributed by atoms with Crippen LogP contribution in [0.2, 0.25) is 0 Å². The number of esters is 1. The molecular weight excluding hydrogens is 548 g/mol. The van der Waals surface area contributed by atoms with Gasteiger partial charge in [-0.05, 0) is 57.4 Å². The van der Waals surface area contributed by atoms with Crippen LogP contribution in [0.3, 0.4) is 0 Å². The Morgan fingerprint density at radius 3 is 2.10 bits per heavy atom. The molecule has 0 fully saturated rings. The van der Waals surface area contributed by atoms with Crippen LogP contribution in [0.4, 0.5) is 0 Å². The van der Waals surface area contributed by atoms with Gasteiger partial charge in [0, 0.05) is 23.8 Å². The first kappa shape index (κ1) is 33.8. The van der Waals surface area contributed by atoms with Gasteiger partial charge < -0.3 is 33.2 Å². The summed E-state index contributed by atoms with van der Waals surface area (Å²) in [6, 6.07) is 7.68. The number of hydrogen-bond acceptors (Lipinski definition) is 11. The average Bonchev–Trinajstić information content (AvgIpc) is 2.97. The van der Waals surface area contributed by atoms with Gasteiger partial charge in [-0.15, -0.1) is 0 Å². The first-order valence-corrected chi connectivity index (χ1v) is 13.5. The van der Waals surface area contributed by atoms with Crippen molar-refractivity contribution >= 4 is 5.97 Å². The molecule has 0 aromatic heterocycles. The third-order valence-corrected chi connectivity index (χ3v) is 6.83. The van der Waals surface area contributed by atoms with Crippen LogP contribution in [0, 0.1) is 21.4 Å². The van der Waals surface area contributed by atoms with E-state index in [0.29, 0.717) is 46.5 Å². The second kappa shape index (κ2) is 15.6. The van der Waals surface area contributed by atoms with Gasteiger partial charge >= 0.3 is 5.97 Å². The molecule has 2 aromatic rings. The zero-order chi connectivity index (χ0) is 31.4. The Kier molecular flexibility index (Phi) is 12.5. The van der Waals surface area contributed by atoms with Crippen molar-refractivity contribution in [2.24, 2.45) is 0 Å². The lowest BCUT2D eigenvalue weighted by Gasteiger charge is -2.29. The third kappa shape index (κ3) is 7.87. The van der Waals surface area contributed by atoms with Gasteiger partial charge in [-0.1, -0.05) is 6.07 Å². The van der Waals surface area contributed by atoms with Gasteiger partial charge in [-0.3, -0.25) is 14.9 Å². The molecule has 3 atom stereocenters. The Bertz CT molecular complexity index is 1280. The van der Waals surface area contributed by atoms with Gasteiger partial charge in [0.25, 0.3) is 6.04 Å². The maximum atomic E-state index is 12.3. The average molecular weight is 589 g/mol. The van der Waals surface area contributed by atoms with Crippen LogP contribution in [0.1, 0.15) is 51.7 Å². The lowest BCUT2D eigenvalue weighted by atomic mass is 9.77. The molecule has 0 aliphatic rings. The number of carbonyl (C=O) groups is 1. The molecule has 0 saturated carbocycles. The highest BCUT2D eigenvalue weighted by molar-refractivity contribution is 5.66. The van der Waals surface area contributed by atoms with Crippen molar-refractivity contribution in [3.05, 3.63) is 45.5 Å². The maximum absolute atomic E-state index is 12.3. The lowest BCUT2D eigenvalue weighted by Crippen LogP contribution is -2.40. The van der Waals surface area contributed by atoms with Crippen LogP contribution >= 0.6 is 0 Å². The number of methoxy groups -OCH3 is 4. The first-order chi connectivity index (χ1) is 20.0. The first-order valence-electron chi connectivity index (χ1n) is 13.5. The number of nitro groups is 1. The molecule has 230 valence electrons. The SMILES string of the molecule is CCOc1cc(C(C)(C#N)CCC(OC(C)=O)C(Cc2ccc(OC)c(OC)c2)[N+](=O)[O-])c(OCC)c(OC)c1OC. The normalized spacial score (nSPS) is 13.5. The molecule has 0 amide bonds. The fraction of sp³-hybridized carbons (Fsp3) is 0.533. The second-order valence-electron chi connectivity index (χ2n) is 9.56. The summed E-state index contributed by atoms with van der Waals surface area (Å²) < 4.78 is 39.0. The van der Waals surface area contributed by atoms with E-state index in [1.165, 1.54) is 35.4 Å². The minimum Gasteiger partial charge on any atom is -0.493 e. The van der Waals surface area contributed by atoms with E-state index in [2.05, 4.69) is 6.07 Å². The molecule has 0 N–H and O–H groups in total. The molecule has 0 bridgehead atoms. The maximum Gasteiger partial charge on any atom is 0.303 e. The Balaban J connectivity index is 2.55. The summed E-state index contributed by atoms with van der Waals surface area (Å²) in [6.45, 7) is 7.08. The zero-order valence-electron chi connectivity index (χ0n) is 25.5. The molecule has 2 rings (SSSR count). The highest BCUT2D eigenvalue weighted by atomic mass is 16.6. The molecule has 42 heavy (non-hydrogen) atoms. The van der Waals surface area contributed by atoms with Crippen LogP contribution in [0.5, 0.6) is 34.5 Å². The standard InChI is InChI=1S/C30H40N2O10/c1-9-40-26-17-21(27(41-10-2)29(39-8)28(26)38-7)30(4,18-31)14-13-23(42-19(3)33)22(32(34)35)15-20-11-12-24(36-5)25(16-20)37-6/h11-12,16-17,22-23H,9-10,13-15H2,1-8H3. The molecule has 0 aliphatic heterocycles. The van der Waals surface area contributed by atoms with E-state index in [0.717, 1.165) is 0 Å². The molecule has 0 aliphatic carbocycles. The van der Waals surface area contributed by atoms with Gasteiger partial charge in [-0.2, -0.15) is 5.26 Å². The monoisotopic (exact) mass is 588 g/mol. The highest BCUT2D eigenvalue weighted by Gasteiger charge is 2.40. The molecule has 0 spiro atoms. The summed E-state index contributed by atoms with van der Waals surface area (Å²) in [4.78, 5) is 23.9.